The maximum Gasteiger partial charge on any atom is -0.0228 e. The Morgan fingerprint density at radius 2 is 0.744 bits per heavy atom. The molecule has 0 radical (unpaired) electrons. The van der Waals surface area contributed by atoms with Gasteiger partial charge in [-0.2, -0.15) is 0 Å². The van der Waals surface area contributed by atoms with Gasteiger partial charge in [-0.15, -0.1) is 0 Å². The van der Waals surface area contributed by atoms with Crippen LogP contribution >= 0.6 is 0 Å². The van der Waals surface area contributed by atoms with Crippen LogP contribution in [0.15, 0.2) is 103 Å². The fraction of sp³-hybridized carbons (Fsp3) is 0.488. The standard InChI is InChI=1S/C11H14.C10H10.C6H6.8C2H6/c1-9(2)10(3)11-7-5-4-6-8-11;1-2-6-10-8-4-3-7-9(10)5-1;1-2-4-6-5-3-1;8*1-2/h4-8H,1-3H3;1-3,5-7H,4,8H2;1-6H;8*1-2H3. The van der Waals surface area contributed by atoms with Crippen LogP contribution in [0.4, 0.5) is 0 Å². The molecule has 0 fully saturated rings. The zero-order chi connectivity index (χ0) is 35.3. The Hall–Kier alpha value is -2.86. The number of aryl methyl sites for hydroxylation is 1. The average molecular weight is 595 g/mol. The van der Waals surface area contributed by atoms with E-state index in [1.807, 2.05) is 153 Å². The molecule has 0 aliphatic heterocycles. The second kappa shape index (κ2) is 58.7. The van der Waals surface area contributed by atoms with Crippen LogP contribution in [0.1, 0.15) is 155 Å². The van der Waals surface area contributed by atoms with Crippen molar-refractivity contribution in [2.45, 2.75) is 144 Å². The topological polar surface area (TPSA) is 0 Å². The Morgan fingerprint density at radius 1 is 0.419 bits per heavy atom. The molecule has 0 heterocycles. The van der Waals surface area contributed by atoms with Gasteiger partial charge in [0.05, 0.1) is 0 Å². The summed E-state index contributed by atoms with van der Waals surface area (Å²) < 4.78 is 0. The Kier molecular flexibility index (Phi) is 76.5. The molecule has 0 saturated carbocycles. The van der Waals surface area contributed by atoms with Gasteiger partial charge >= 0.3 is 0 Å². The highest BCUT2D eigenvalue weighted by molar-refractivity contribution is 5.65. The minimum absolute atomic E-state index is 1.21. The molecule has 1 aliphatic carbocycles. The Bertz CT molecular complexity index is 809. The first-order valence-electron chi connectivity index (χ1n) is 17.6. The molecule has 0 amide bonds. The lowest BCUT2D eigenvalue weighted by molar-refractivity contribution is 0.986. The molecule has 0 atom stereocenters. The van der Waals surface area contributed by atoms with Crippen LogP contribution in [-0.2, 0) is 6.42 Å². The highest BCUT2D eigenvalue weighted by Crippen LogP contribution is 2.18. The second-order valence-corrected chi connectivity index (χ2v) is 6.79. The third kappa shape index (κ3) is 39.1. The maximum atomic E-state index is 2.24. The first-order chi connectivity index (χ1) is 21.2. The summed E-state index contributed by atoms with van der Waals surface area (Å²) in [5.74, 6) is 0. The predicted molar refractivity (Wildman–Crippen MR) is 211 cm³/mol. The van der Waals surface area contributed by atoms with Crippen molar-refractivity contribution in [1.82, 2.24) is 0 Å². The molecule has 3 aromatic carbocycles. The molecule has 43 heavy (non-hydrogen) atoms. The van der Waals surface area contributed by atoms with Gasteiger partial charge in [0.2, 0.25) is 0 Å². The van der Waals surface area contributed by atoms with Crippen LogP contribution < -0.4 is 0 Å². The molecule has 0 unspecified atom stereocenters. The van der Waals surface area contributed by atoms with Crippen molar-refractivity contribution < 1.29 is 0 Å². The van der Waals surface area contributed by atoms with Gasteiger partial charge in [0.25, 0.3) is 0 Å². The molecule has 4 rings (SSSR count). The van der Waals surface area contributed by atoms with Gasteiger partial charge in [-0.3, -0.25) is 0 Å². The molecular formula is C43H78. The fourth-order valence-corrected chi connectivity index (χ4v) is 2.74. The van der Waals surface area contributed by atoms with Gasteiger partial charge in [0.15, 0.2) is 0 Å². The molecular weight excluding hydrogens is 516 g/mol. The summed E-state index contributed by atoms with van der Waals surface area (Å²) in [6.45, 7) is 38.4. The van der Waals surface area contributed by atoms with Crippen molar-refractivity contribution in [3.05, 3.63) is 119 Å². The van der Waals surface area contributed by atoms with E-state index in [1.165, 1.54) is 40.7 Å². The lowest BCUT2D eigenvalue weighted by atomic mass is 9.98. The van der Waals surface area contributed by atoms with Gasteiger partial charge in [0, 0.05) is 0 Å². The normalized spacial score (nSPS) is 8.07. The predicted octanol–water partition coefficient (Wildman–Crippen LogP) is 16.0. The van der Waals surface area contributed by atoms with Crippen molar-refractivity contribution in [3.63, 3.8) is 0 Å². The Morgan fingerprint density at radius 3 is 1.09 bits per heavy atom. The molecule has 0 N–H and O–H groups in total. The summed E-state index contributed by atoms with van der Waals surface area (Å²) in [6, 6.07) is 31.0. The van der Waals surface area contributed by atoms with Gasteiger partial charge in [-0.1, -0.05) is 220 Å². The monoisotopic (exact) mass is 595 g/mol. The van der Waals surface area contributed by atoms with E-state index in [1.54, 1.807) is 0 Å². The van der Waals surface area contributed by atoms with Crippen LogP contribution in [-0.4, -0.2) is 0 Å². The van der Waals surface area contributed by atoms with E-state index < -0.39 is 0 Å². The molecule has 0 heteroatoms. The molecule has 0 aromatic heterocycles. The number of fused-ring (bicyclic) bond motifs is 1. The van der Waals surface area contributed by atoms with Crippen LogP contribution in [0.25, 0.3) is 11.6 Å². The molecule has 1 aliphatic rings. The van der Waals surface area contributed by atoms with Crippen molar-refractivity contribution in [3.8, 4) is 0 Å². The minimum atomic E-state index is 1.21. The summed E-state index contributed by atoms with van der Waals surface area (Å²) in [7, 11) is 0. The first kappa shape index (κ1) is 56.0. The Balaban J connectivity index is -0.0000000745. The third-order valence-electron chi connectivity index (χ3n) is 4.56. The quantitative estimate of drug-likeness (QED) is 0.263. The van der Waals surface area contributed by atoms with E-state index >= 15 is 0 Å². The van der Waals surface area contributed by atoms with Gasteiger partial charge in [-0.05, 0) is 55.9 Å². The van der Waals surface area contributed by atoms with E-state index in [0.29, 0.717) is 0 Å². The number of benzene rings is 3. The fourth-order valence-electron chi connectivity index (χ4n) is 2.74. The van der Waals surface area contributed by atoms with Crippen molar-refractivity contribution in [2.24, 2.45) is 0 Å². The summed E-state index contributed by atoms with van der Waals surface area (Å²) in [4.78, 5) is 0. The second-order valence-electron chi connectivity index (χ2n) is 6.79. The molecule has 0 bridgehead atoms. The van der Waals surface area contributed by atoms with E-state index in [0.717, 1.165) is 0 Å². The van der Waals surface area contributed by atoms with Gasteiger partial charge in [0.1, 0.15) is 0 Å². The SMILES string of the molecule is C1=Cc2ccccc2CC1.CC.CC.CC.CC.CC.CC.CC.CC.CC(C)=C(C)c1ccccc1.c1ccccc1. The highest BCUT2D eigenvalue weighted by Gasteiger charge is 2.00. The van der Waals surface area contributed by atoms with E-state index in [2.05, 4.69) is 81.5 Å². The van der Waals surface area contributed by atoms with E-state index in [9.17, 15) is 0 Å². The minimum Gasteiger partial charge on any atom is -0.0836 e. The van der Waals surface area contributed by atoms with Gasteiger partial charge in [-0.25, -0.2) is 0 Å². The molecule has 0 saturated heterocycles. The molecule has 0 spiro atoms. The van der Waals surface area contributed by atoms with Crippen molar-refractivity contribution in [2.75, 3.05) is 0 Å². The average Bonchev–Trinajstić information content (AvgIpc) is 3.16. The largest absolute Gasteiger partial charge is 0.0836 e. The lowest BCUT2D eigenvalue weighted by Gasteiger charge is -2.07. The van der Waals surface area contributed by atoms with Crippen LogP contribution in [0.3, 0.4) is 0 Å². The van der Waals surface area contributed by atoms with E-state index in [4.69, 9.17) is 0 Å². The first-order valence-corrected chi connectivity index (χ1v) is 17.6. The van der Waals surface area contributed by atoms with Gasteiger partial charge < -0.3 is 0 Å². The third-order valence-corrected chi connectivity index (χ3v) is 4.56. The number of hydrogen-bond acceptors (Lipinski definition) is 0. The molecule has 0 nitrogen and oxygen atoms in total. The summed E-state index contributed by atoms with van der Waals surface area (Å²) in [5, 5.41) is 0. The Labute approximate surface area is 274 Å². The maximum absolute atomic E-state index is 2.24. The van der Waals surface area contributed by atoms with Crippen molar-refractivity contribution in [1.29, 1.82) is 0 Å². The zero-order valence-corrected chi connectivity index (χ0v) is 32.7. The lowest BCUT2D eigenvalue weighted by Crippen LogP contribution is -1.91. The van der Waals surface area contributed by atoms with Crippen molar-refractivity contribution >= 4 is 11.6 Å². The zero-order valence-electron chi connectivity index (χ0n) is 32.7. The van der Waals surface area contributed by atoms with Crippen LogP contribution in [0.5, 0.6) is 0 Å². The molecule has 3 aromatic rings. The van der Waals surface area contributed by atoms with Crippen LogP contribution in [0, 0.1) is 0 Å². The highest BCUT2D eigenvalue weighted by atomic mass is 14.1. The summed E-state index contributed by atoms with van der Waals surface area (Å²) in [5.41, 5.74) is 6.98. The number of hydrogen-bond donors (Lipinski definition) is 0. The smallest absolute Gasteiger partial charge is 0.0228 e. The van der Waals surface area contributed by atoms with E-state index in [-0.39, 0.29) is 0 Å². The van der Waals surface area contributed by atoms with Crippen LogP contribution in [0.2, 0.25) is 0 Å². The number of allylic oxidation sites excluding steroid dienone is 3. The summed E-state index contributed by atoms with van der Waals surface area (Å²) >= 11 is 0. The summed E-state index contributed by atoms with van der Waals surface area (Å²) in [6.07, 6.45) is 6.87. The molecule has 250 valence electrons. The number of rotatable bonds is 1.